The fourth-order valence-electron chi connectivity index (χ4n) is 1.03. The maximum Gasteiger partial charge on any atom is 0.176 e. The molecule has 0 amide bonds. The van der Waals surface area contributed by atoms with Crippen LogP contribution in [0.1, 0.15) is 12.5 Å². The van der Waals surface area contributed by atoms with Gasteiger partial charge in [0.2, 0.25) is 0 Å². The van der Waals surface area contributed by atoms with Crippen LogP contribution in [0.25, 0.3) is 0 Å². The van der Waals surface area contributed by atoms with Crippen molar-refractivity contribution in [2.75, 3.05) is 0 Å². The molecule has 0 saturated carbocycles. The lowest BCUT2D eigenvalue weighted by Gasteiger charge is -2.03. The van der Waals surface area contributed by atoms with Gasteiger partial charge in [-0.15, -0.1) is 0 Å². The van der Waals surface area contributed by atoms with Gasteiger partial charge in [-0.25, -0.2) is 0 Å². The largest absolute Gasteiger partial charge is 0.434 e. The molecule has 1 N–H and O–H groups in total. The third-order valence-electron chi connectivity index (χ3n) is 1.79. The second-order valence-corrected chi connectivity index (χ2v) is 5.28. The fourth-order valence-corrected chi connectivity index (χ4v) is 2.14. The molecular weight excluding hydrogens is 152 g/mol. The van der Waals surface area contributed by atoms with Gasteiger partial charge in [-0.3, -0.25) is 0 Å². The smallest absolute Gasteiger partial charge is 0.176 e. The molecule has 0 fully saturated rings. The third kappa shape index (κ3) is 2.86. The summed E-state index contributed by atoms with van der Waals surface area (Å²) in [6, 6.07) is 12.1. The topological polar surface area (TPSA) is 20.2 Å². The van der Waals surface area contributed by atoms with E-state index >= 15 is 0 Å². The summed E-state index contributed by atoms with van der Waals surface area (Å²) in [6.45, 7) is 2.06. The van der Waals surface area contributed by atoms with E-state index in [9.17, 15) is 4.80 Å². The zero-order valence-electron chi connectivity index (χ0n) is 6.83. The van der Waals surface area contributed by atoms with E-state index in [1.807, 2.05) is 18.2 Å². The molecule has 0 spiro atoms. The van der Waals surface area contributed by atoms with E-state index in [4.69, 9.17) is 0 Å². The molecule has 1 unspecified atom stereocenters. The Kier molecular flexibility index (Phi) is 3.33. The molecule has 1 nitrogen and oxygen atoms in total. The monoisotopic (exact) mass is 166 g/mol. The van der Waals surface area contributed by atoms with Gasteiger partial charge < -0.3 is 4.80 Å². The highest BCUT2D eigenvalue weighted by atomic mass is 28.3. The maximum absolute atomic E-state index is 9.45. The van der Waals surface area contributed by atoms with Gasteiger partial charge in [0.25, 0.3) is 0 Å². The number of rotatable bonds is 3. The number of hydrogen-bond donors (Lipinski definition) is 1. The minimum absolute atomic E-state index is 0.914. The van der Waals surface area contributed by atoms with Gasteiger partial charge in [-0.2, -0.15) is 0 Å². The van der Waals surface area contributed by atoms with E-state index in [1.165, 1.54) is 5.56 Å². The van der Waals surface area contributed by atoms with Crippen LogP contribution in [0, 0.1) is 0 Å². The molecule has 0 radical (unpaired) electrons. The Bertz CT molecular complexity index is 198. The van der Waals surface area contributed by atoms with E-state index < -0.39 is 9.04 Å². The summed E-state index contributed by atoms with van der Waals surface area (Å²) in [5, 5.41) is 0. The average Bonchev–Trinajstić information content (AvgIpc) is 2.06. The van der Waals surface area contributed by atoms with Gasteiger partial charge in [-0.05, 0) is 17.7 Å². The SMILES string of the molecule is CC[SiH](O)Cc1ccccc1. The van der Waals surface area contributed by atoms with Gasteiger partial charge in [0.15, 0.2) is 9.04 Å². The minimum atomic E-state index is -1.41. The van der Waals surface area contributed by atoms with Crippen LogP contribution < -0.4 is 0 Å². The molecule has 0 saturated heterocycles. The second-order valence-electron chi connectivity index (χ2n) is 2.75. The summed E-state index contributed by atoms with van der Waals surface area (Å²) in [4.78, 5) is 9.45. The molecule has 60 valence electrons. The van der Waals surface area contributed by atoms with E-state index in [-0.39, 0.29) is 0 Å². The summed E-state index contributed by atoms with van der Waals surface area (Å²) in [5.74, 6) is 0. The Morgan fingerprint density at radius 2 is 1.91 bits per heavy atom. The van der Waals surface area contributed by atoms with Crippen molar-refractivity contribution in [3.05, 3.63) is 35.9 Å². The predicted octanol–water partition coefficient (Wildman–Crippen LogP) is 1.50. The van der Waals surface area contributed by atoms with Crippen LogP contribution in [0.4, 0.5) is 0 Å². The summed E-state index contributed by atoms with van der Waals surface area (Å²) in [7, 11) is -1.41. The summed E-state index contributed by atoms with van der Waals surface area (Å²) in [6.07, 6.45) is 0. The van der Waals surface area contributed by atoms with E-state index in [2.05, 4.69) is 19.1 Å². The summed E-state index contributed by atoms with van der Waals surface area (Å²) in [5.41, 5.74) is 1.27. The first-order valence-electron chi connectivity index (χ1n) is 4.05. The van der Waals surface area contributed by atoms with Crippen LogP contribution in [0.5, 0.6) is 0 Å². The van der Waals surface area contributed by atoms with Gasteiger partial charge in [0, 0.05) is 0 Å². The van der Waals surface area contributed by atoms with Gasteiger partial charge in [0.05, 0.1) is 0 Å². The van der Waals surface area contributed by atoms with Crippen molar-refractivity contribution in [1.29, 1.82) is 0 Å². The van der Waals surface area contributed by atoms with Crippen LogP contribution in [0.3, 0.4) is 0 Å². The minimum Gasteiger partial charge on any atom is -0.434 e. The Morgan fingerprint density at radius 3 is 2.45 bits per heavy atom. The Balaban J connectivity index is 2.51. The molecule has 0 heterocycles. The predicted molar refractivity (Wildman–Crippen MR) is 50.0 cm³/mol. The van der Waals surface area contributed by atoms with Crippen molar-refractivity contribution in [2.45, 2.75) is 19.0 Å². The molecular formula is C9H14OSi. The number of benzene rings is 1. The molecule has 0 aliphatic rings. The molecule has 0 aromatic heterocycles. The first-order valence-corrected chi connectivity index (χ1v) is 6.20. The average molecular weight is 166 g/mol. The first-order chi connectivity index (χ1) is 5.33. The van der Waals surface area contributed by atoms with Crippen LogP contribution >= 0.6 is 0 Å². The van der Waals surface area contributed by atoms with Crippen molar-refractivity contribution in [2.24, 2.45) is 0 Å². The highest BCUT2D eigenvalue weighted by Gasteiger charge is 2.03. The molecule has 1 rings (SSSR count). The summed E-state index contributed by atoms with van der Waals surface area (Å²) < 4.78 is 0. The summed E-state index contributed by atoms with van der Waals surface area (Å²) >= 11 is 0. The van der Waals surface area contributed by atoms with Crippen LogP contribution in [0.2, 0.25) is 6.04 Å². The molecule has 1 aromatic rings. The third-order valence-corrected chi connectivity index (χ3v) is 3.67. The molecule has 1 aromatic carbocycles. The van der Waals surface area contributed by atoms with Crippen LogP contribution in [0.15, 0.2) is 30.3 Å². The first kappa shape index (κ1) is 8.49. The van der Waals surface area contributed by atoms with Crippen molar-refractivity contribution < 1.29 is 4.80 Å². The van der Waals surface area contributed by atoms with Crippen LogP contribution in [-0.4, -0.2) is 13.8 Å². The zero-order valence-corrected chi connectivity index (χ0v) is 7.98. The highest BCUT2D eigenvalue weighted by molar-refractivity contribution is 6.49. The Morgan fingerprint density at radius 1 is 1.27 bits per heavy atom. The zero-order chi connectivity index (χ0) is 8.10. The molecule has 0 bridgehead atoms. The molecule has 1 atom stereocenters. The van der Waals surface area contributed by atoms with Gasteiger partial charge in [-0.1, -0.05) is 37.3 Å². The van der Waals surface area contributed by atoms with Gasteiger partial charge in [0.1, 0.15) is 0 Å². The maximum atomic E-state index is 9.45. The molecule has 11 heavy (non-hydrogen) atoms. The lowest BCUT2D eigenvalue weighted by atomic mass is 10.2. The second kappa shape index (κ2) is 4.31. The standard InChI is InChI=1S/C9H14OSi/c1-2-11(10)8-9-6-4-3-5-7-9/h3-7,10-11H,2,8H2,1H3. The Hall–Kier alpha value is -0.603. The molecule has 0 aliphatic heterocycles. The number of hydrogen-bond acceptors (Lipinski definition) is 1. The quantitative estimate of drug-likeness (QED) is 0.675. The highest BCUT2D eigenvalue weighted by Crippen LogP contribution is 2.02. The molecule has 2 heteroatoms. The fraction of sp³-hybridized carbons (Fsp3) is 0.333. The van der Waals surface area contributed by atoms with E-state index in [0.717, 1.165) is 12.1 Å². The van der Waals surface area contributed by atoms with Crippen molar-refractivity contribution in [1.82, 2.24) is 0 Å². The van der Waals surface area contributed by atoms with Gasteiger partial charge >= 0.3 is 0 Å². The van der Waals surface area contributed by atoms with Crippen molar-refractivity contribution in [3.63, 3.8) is 0 Å². The Labute approximate surface area is 69.4 Å². The van der Waals surface area contributed by atoms with Crippen molar-refractivity contribution >= 4 is 9.04 Å². The normalized spacial score (nSPS) is 12.9. The van der Waals surface area contributed by atoms with Crippen LogP contribution in [-0.2, 0) is 6.04 Å². The lowest BCUT2D eigenvalue weighted by molar-refractivity contribution is 0.568. The molecule has 0 aliphatic carbocycles. The van der Waals surface area contributed by atoms with Crippen molar-refractivity contribution in [3.8, 4) is 0 Å². The van der Waals surface area contributed by atoms with E-state index in [1.54, 1.807) is 0 Å². The van der Waals surface area contributed by atoms with E-state index in [0.29, 0.717) is 0 Å². The lowest BCUT2D eigenvalue weighted by Crippen LogP contribution is -2.13.